The van der Waals surface area contributed by atoms with E-state index in [0.717, 1.165) is 42.6 Å². The Morgan fingerprint density at radius 1 is 1.29 bits per heavy atom. The van der Waals surface area contributed by atoms with E-state index >= 15 is 0 Å². The average molecular weight is 329 g/mol. The van der Waals surface area contributed by atoms with Gasteiger partial charge in [-0.1, -0.05) is 12.7 Å². The first kappa shape index (κ1) is 16.3. The highest BCUT2D eigenvalue weighted by Gasteiger charge is 2.39. The van der Waals surface area contributed by atoms with Crippen LogP contribution in [0.3, 0.4) is 0 Å². The van der Waals surface area contributed by atoms with Crippen molar-refractivity contribution in [3.05, 3.63) is 35.8 Å². The van der Waals surface area contributed by atoms with Crippen molar-refractivity contribution in [3.63, 3.8) is 0 Å². The summed E-state index contributed by atoms with van der Waals surface area (Å²) in [5.74, 6) is 0.284. The van der Waals surface area contributed by atoms with Crippen molar-refractivity contribution >= 4 is 17.9 Å². The summed E-state index contributed by atoms with van der Waals surface area (Å²) in [5.41, 5.74) is 7.66. The van der Waals surface area contributed by atoms with E-state index in [2.05, 4.69) is 23.0 Å². The number of imide groups is 1. The molecule has 0 atom stereocenters. The van der Waals surface area contributed by atoms with Crippen molar-refractivity contribution in [2.24, 2.45) is 10.7 Å². The molecule has 0 radical (unpaired) electrons. The maximum absolute atomic E-state index is 12.6. The van der Waals surface area contributed by atoms with E-state index in [1.54, 1.807) is 4.90 Å². The second-order valence-corrected chi connectivity index (χ2v) is 6.18. The first-order chi connectivity index (χ1) is 11.6. The van der Waals surface area contributed by atoms with Gasteiger partial charge in [0.1, 0.15) is 5.70 Å². The van der Waals surface area contributed by atoms with E-state index in [-0.39, 0.29) is 17.6 Å². The van der Waals surface area contributed by atoms with Gasteiger partial charge >= 0.3 is 12.1 Å². The zero-order valence-corrected chi connectivity index (χ0v) is 13.8. The fraction of sp³-hybridized carbons (Fsp3) is 0.471. The number of carbonyl (C=O) groups is 2. The second-order valence-electron chi connectivity index (χ2n) is 6.18. The maximum atomic E-state index is 12.6. The molecule has 7 heteroatoms. The number of hydrogen-bond donors (Lipinski definition) is 2. The number of nitrogens with zero attached hydrogens (tertiary/aromatic N) is 3. The first-order valence-electron chi connectivity index (χ1n) is 8.41. The number of nitrogens with one attached hydrogen (secondary N) is 1. The lowest BCUT2D eigenvalue weighted by Crippen LogP contribution is -2.42. The molecule has 2 fully saturated rings. The smallest absolute Gasteiger partial charge is 0.336 e. The van der Waals surface area contributed by atoms with E-state index in [1.165, 1.54) is 12.6 Å². The molecule has 24 heavy (non-hydrogen) atoms. The molecule has 7 nitrogen and oxygen atoms in total. The normalized spacial score (nSPS) is 24.5. The van der Waals surface area contributed by atoms with Crippen LogP contribution in [0.2, 0.25) is 0 Å². The Labute approximate surface area is 141 Å². The van der Waals surface area contributed by atoms with Crippen LogP contribution in [0.1, 0.15) is 38.5 Å². The first-order valence-corrected chi connectivity index (χ1v) is 8.41. The van der Waals surface area contributed by atoms with E-state index in [1.807, 2.05) is 0 Å². The third-order valence-corrected chi connectivity index (χ3v) is 4.55. The summed E-state index contributed by atoms with van der Waals surface area (Å²) in [7, 11) is 0. The lowest BCUT2D eigenvalue weighted by molar-refractivity contribution is 0.178. The number of carbonyl (C=O) groups excluding carboxylic acids is 2. The van der Waals surface area contributed by atoms with Crippen LogP contribution in [0.5, 0.6) is 0 Å². The largest absolute Gasteiger partial charge is 0.403 e. The molecule has 0 aromatic heterocycles. The predicted molar refractivity (Wildman–Crippen MR) is 92.0 cm³/mol. The third-order valence-electron chi connectivity index (χ3n) is 4.55. The topological polar surface area (TPSA) is 91.0 Å². The number of hydrogen-bond acceptors (Lipinski definition) is 4. The quantitative estimate of drug-likeness (QED) is 0.815. The summed E-state index contributed by atoms with van der Waals surface area (Å²) >= 11 is 0. The molecule has 0 spiro atoms. The van der Waals surface area contributed by atoms with Crippen molar-refractivity contribution in [2.75, 3.05) is 13.1 Å². The van der Waals surface area contributed by atoms with Gasteiger partial charge in [0.15, 0.2) is 5.84 Å². The van der Waals surface area contributed by atoms with Gasteiger partial charge in [0.05, 0.1) is 5.70 Å². The molecular weight excluding hydrogens is 306 g/mol. The molecule has 0 bridgehead atoms. The Bertz CT molecular complexity index is 656. The molecule has 3 N–H and O–H groups in total. The van der Waals surface area contributed by atoms with Gasteiger partial charge in [-0.2, -0.15) is 0 Å². The van der Waals surface area contributed by atoms with Gasteiger partial charge in [-0.3, -0.25) is 5.32 Å². The van der Waals surface area contributed by atoms with Crippen molar-refractivity contribution in [3.8, 4) is 0 Å². The summed E-state index contributed by atoms with van der Waals surface area (Å²) in [6.45, 7) is 5.31. The molecule has 0 saturated carbocycles. The molecule has 2 heterocycles. The summed E-state index contributed by atoms with van der Waals surface area (Å²) in [4.78, 5) is 32.0. The lowest BCUT2D eigenvalue weighted by atomic mass is 9.98. The third kappa shape index (κ3) is 3.06. The second kappa shape index (κ2) is 6.90. The van der Waals surface area contributed by atoms with Crippen LogP contribution >= 0.6 is 0 Å². The highest BCUT2D eigenvalue weighted by atomic mass is 16.2. The van der Waals surface area contributed by atoms with E-state index in [9.17, 15) is 9.59 Å². The molecule has 128 valence electrons. The van der Waals surface area contributed by atoms with Crippen molar-refractivity contribution < 1.29 is 9.59 Å². The van der Waals surface area contributed by atoms with Crippen molar-refractivity contribution in [1.29, 1.82) is 0 Å². The molecule has 3 aliphatic rings. The highest BCUT2D eigenvalue weighted by molar-refractivity contribution is 6.20. The number of rotatable bonds is 2. The Hall–Kier alpha value is -2.57. The Morgan fingerprint density at radius 2 is 2.04 bits per heavy atom. The summed E-state index contributed by atoms with van der Waals surface area (Å²) in [5, 5.41) is 2.63. The van der Waals surface area contributed by atoms with Gasteiger partial charge in [-0.25, -0.2) is 19.5 Å². The molecule has 0 unspecified atom stereocenters. The number of amidine groups is 1. The molecule has 0 aromatic carbocycles. The number of allylic oxidation sites excluding steroid dienone is 2. The summed E-state index contributed by atoms with van der Waals surface area (Å²) in [6, 6.07) is -0.873. The van der Waals surface area contributed by atoms with E-state index in [0.29, 0.717) is 18.8 Å². The number of amides is 4. The molecule has 2 saturated heterocycles. The van der Waals surface area contributed by atoms with Crippen LogP contribution < -0.4 is 11.1 Å². The number of nitrogens with two attached hydrogens (primary N) is 1. The standard InChI is InChI=1S/C17H23N5O2/c1-12(13-7-3-2-4-8-13)19-15-14(11-18)22(16(23)20-15)17(24)21-9-5-6-10-21/h7,11H,1-6,8-10,18H2,(H,19,20,23)/b14-11+. The minimum atomic E-state index is -0.521. The van der Waals surface area contributed by atoms with E-state index < -0.39 is 6.03 Å². The summed E-state index contributed by atoms with van der Waals surface area (Å²) < 4.78 is 0. The van der Waals surface area contributed by atoms with Gasteiger partial charge < -0.3 is 10.6 Å². The van der Waals surface area contributed by atoms with Crippen LogP contribution in [0.15, 0.2) is 40.8 Å². The molecule has 2 aliphatic heterocycles. The highest BCUT2D eigenvalue weighted by Crippen LogP contribution is 2.25. The zero-order chi connectivity index (χ0) is 17.1. The van der Waals surface area contributed by atoms with Gasteiger partial charge in [-0.05, 0) is 44.1 Å². The predicted octanol–water partition coefficient (Wildman–Crippen LogP) is 2.44. The zero-order valence-electron chi connectivity index (χ0n) is 13.8. The lowest BCUT2D eigenvalue weighted by Gasteiger charge is -2.21. The SMILES string of the molecule is C=C(/N=C1/NC(=O)N(C(=O)N2CCCC2)/C1=C/N)C1=CCCCC1. The number of urea groups is 2. The minimum Gasteiger partial charge on any atom is -0.403 e. The van der Waals surface area contributed by atoms with Crippen LogP contribution in [-0.4, -0.2) is 40.8 Å². The van der Waals surface area contributed by atoms with Crippen LogP contribution in [0, 0.1) is 0 Å². The van der Waals surface area contributed by atoms with Crippen LogP contribution in [0.25, 0.3) is 0 Å². The van der Waals surface area contributed by atoms with Gasteiger partial charge in [0.25, 0.3) is 0 Å². The van der Waals surface area contributed by atoms with Gasteiger partial charge in [-0.15, -0.1) is 0 Å². The Morgan fingerprint density at radius 3 is 2.67 bits per heavy atom. The van der Waals surface area contributed by atoms with Crippen LogP contribution in [-0.2, 0) is 0 Å². The Balaban J connectivity index is 1.81. The monoisotopic (exact) mass is 329 g/mol. The van der Waals surface area contributed by atoms with Crippen molar-refractivity contribution in [2.45, 2.75) is 38.5 Å². The minimum absolute atomic E-state index is 0.284. The summed E-state index contributed by atoms with van der Waals surface area (Å²) in [6.07, 6.45) is 9.52. The molecule has 3 rings (SSSR count). The average Bonchev–Trinajstić information content (AvgIpc) is 3.23. The number of likely N-dealkylation sites (tertiary alicyclic amines) is 1. The molecule has 4 amide bonds. The van der Waals surface area contributed by atoms with Gasteiger partial charge in [0.2, 0.25) is 0 Å². The van der Waals surface area contributed by atoms with Crippen molar-refractivity contribution in [1.82, 2.24) is 15.1 Å². The fourth-order valence-corrected chi connectivity index (χ4v) is 3.22. The molecule has 0 aromatic rings. The molecule has 1 aliphatic carbocycles. The molecular formula is C17H23N5O2. The van der Waals surface area contributed by atoms with Crippen LogP contribution in [0.4, 0.5) is 9.59 Å². The van der Waals surface area contributed by atoms with Gasteiger partial charge in [0, 0.05) is 19.3 Å². The Kier molecular flexibility index (Phi) is 4.69. The van der Waals surface area contributed by atoms with E-state index in [4.69, 9.17) is 5.73 Å². The number of aliphatic imine (C=N–C) groups is 1. The fourth-order valence-electron chi connectivity index (χ4n) is 3.22. The maximum Gasteiger partial charge on any atom is 0.336 e.